The van der Waals surface area contributed by atoms with Crippen LogP contribution in [0.5, 0.6) is 11.5 Å². The van der Waals surface area contributed by atoms with Gasteiger partial charge in [-0.25, -0.2) is 0 Å². The van der Waals surface area contributed by atoms with E-state index in [2.05, 4.69) is 5.32 Å². The van der Waals surface area contributed by atoms with Crippen LogP contribution in [0.15, 0.2) is 42.5 Å². The molecule has 1 amide bonds. The number of rotatable bonds is 8. The molecule has 3 N–H and O–H groups in total. The van der Waals surface area contributed by atoms with Crippen molar-refractivity contribution in [1.29, 1.82) is 0 Å². The number of hydrogen-bond donors (Lipinski definition) is 2. The van der Waals surface area contributed by atoms with Gasteiger partial charge in [0.15, 0.2) is 0 Å². The molecule has 7 heteroatoms. The third kappa shape index (κ3) is 5.90. The first-order valence-corrected chi connectivity index (χ1v) is 8.49. The van der Waals surface area contributed by atoms with Crippen LogP contribution in [0.1, 0.15) is 12.0 Å². The van der Waals surface area contributed by atoms with Gasteiger partial charge < -0.3 is 20.5 Å². The molecule has 25 heavy (non-hydrogen) atoms. The van der Waals surface area contributed by atoms with Gasteiger partial charge in [-0.15, -0.1) is 0 Å². The predicted octanol–water partition coefficient (Wildman–Crippen LogP) is 3.77. The highest BCUT2D eigenvalue weighted by atomic mass is 35.5. The van der Waals surface area contributed by atoms with Crippen LogP contribution in [0.4, 0.5) is 0 Å². The second kappa shape index (κ2) is 9.63. The van der Waals surface area contributed by atoms with Gasteiger partial charge in [-0.3, -0.25) is 4.79 Å². The highest BCUT2D eigenvalue weighted by Crippen LogP contribution is 2.34. The fourth-order valence-corrected chi connectivity index (χ4v) is 2.44. The molecule has 1 atom stereocenters. The molecule has 134 valence electrons. The Hall–Kier alpha value is -1.79. The van der Waals surface area contributed by atoms with Crippen molar-refractivity contribution in [1.82, 2.24) is 5.32 Å². The van der Waals surface area contributed by atoms with E-state index in [0.717, 1.165) is 5.56 Å². The van der Waals surface area contributed by atoms with Gasteiger partial charge >= 0.3 is 0 Å². The lowest BCUT2D eigenvalue weighted by Gasteiger charge is -2.13. The Morgan fingerprint density at radius 2 is 1.92 bits per heavy atom. The van der Waals surface area contributed by atoms with Gasteiger partial charge in [0.25, 0.3) is 0 Å². The number of methoxy groups -OCH3 is 1. The molecule has 2 rings (SSSR count). The number of carbonyl (C=O) groups is 1. The molecule has 1 unspecified atom stereocenters. The molecular weight excluding hydrogens is 363 g/mol. The first-order chi connectivity index (χ1) is 12.0. The van der Waals surface area contributed by atoms with Crippen molar-refractivity contribution in [2.24, 2.45) is 5.73 Å². The monoisotopic (exact) mass is 382 g/mol. The van der Waals surface area contributed by atoms with E-state index >= 15 is 0 Å². The van der Waals surface area contributed by atoms with Crippen molar-refractivity contribution in [2.45, 2.75) is 19.1 Å². The molecule has 0 fully saturated rings. The van der Waals surface area contributed by atoms with Gasteiger partial charge in [-0.2, -0.15) is 0 Å². The van der Waals surface area contributed by atoms with Crippen LogP contribution in [0.25, 0.3) is 0 Å². The predicted molar refractivity (Wildman–Crippen MR) is 99.3 cm³/mol. The fourth-order valence-electron chi connectivity index (χ4n) is 2.11. The summed E-state index contributed by atoms with van der Waals surface area (Å²) in [7, 11) is 1.54. The Labute approximate surface area is 157 Å². The average molecular weight is 383 g/mol. The SMILES string of the molecule is COC(CN)CC(=O)NCc1ccc(Oc2cccc(Cl)c2Cl)cc1. The van der Waals surface area contributed by atoms with Gasteiger partial charge in [0.1, 0.15) is 16.5 Å². The molecule has 0 aliphatic rings. The normalized spacial score (nSPS) is 11.8. The Morgan fingerprint density at radius 1 is 1.20 bits per heavy atom. The van der Waals surface area contributed by atoms with Crippen molar-refractivity contribution >= 4 is 29.1 Å². The molecule has 0 aliphatic carbocycles. The minimum Gasteiger partial charge on any atom is -0.456 e. The molecule has 0 heterocycles. The van der Waals surface area contributed by atoms with E-state index in [1.165, 1.54) is 7.11 Å². The number of nitrogens with one attached hydrogen (secondary N) is 1. The summed E-state index contributed by atoms with van der Waals surface area (Å²) in [5.74, 6) is 1.01. The number of nitrogens with two attached hydrogens (primary N) is 1. The van der Waals surface area contributed by atoms with Crippen LogP contribution in [0.3, 0.4) is 0 Å². The lowest BCUT2D eigenvalue weighted by molar-refractivity contribution is -0.123. The molecular formula is C18H20Cl2N2O3. The van der Waals surface area contributed by atoms with Crippen LogP contribution < -0.4 is 15.8 Å². The molecule has 0 saturated heterocycles. The summed E-state index contributed by atoms with van der Waals surface area (Å²) < 4.78 is 10.8. The summed E-state index contributed by atoms with van der Waals surface area (Å²) >= 11 is 12.1. The van der Waals surface area contributed by atoms with Crippen LogP contribution in [0, 0.1) is 0 Å². The maximum absolute atomic E-state index is 11.8. The van der Waals surface area contributed by atoms with E-state index < -0.39 is 0 Å². The summed E-state index contributed by atoms with van der Waals surface area (Å²) in [6.07, 6.45) is -0.0280. The minimum absolute atomic E-state index is 0.108. The van der Waals surface area contributed by atoms with E-state index in [9.17, 15) is 4.79 Å². The largest absolute Gasteiger partial charge is 0.456 e. The number of amides is 1. The Bertz CT molecular complexity index is 704. The zero-order chi connectivity index (χ0) is 18.2. The van der Waals surface area contributed by atoms with Crippen LogP contribution in [-0.4, -0.2) is 25.7 Å². The topological polar surface area (TPSA) is 73.6 Å². The van der Waals surface area contributed by atoms with Crippen molar-refractivity contribution in [2.75, 3.05) is 13.7 Å². The van der Waals surface area contributed by atoms with Crippen molar-refractivity contribution in [3.8, 4) is 11.5 Å². The Balaban J connectivity index is 1.89. The number of carbonyl (C=O) groups excluding carboxylic acids is 1. The molecule has 0 aliphatic heterocycles. The highest BCUT2D eigenvalue weighted by molar-refractivity contribution is 6.42. The van der Waals surface area contributed by atoms with E-state index in [-0.39, 0.29) is 18.4 Å². The molecule has 0 radical (unpaired) electrons. The smallest absolute Gasteiger partial charge is 0.222 e. The lowest BCUT2D eigenvalue weighted by atomic mass is 10.2. The lowest BCUT2D eigenvalue weighted by Crippen LogP contribution is -2.31. The first kappa shape index (κ1) is 19.5. The first-order valence-electron chi connectivity index (χ1n) is 7.74. The van der Waals surface area contributed by atoms with E-state index in [1.54, 1.807) is 30.3 Å². The molecule has 2 aromatic carbocycles. The second-order valence-electron chi connectivity index (χ2n) is 5.37. The maximum atomic E-state index is 11.8. The minimum atomic E-state index is -0.266. The highest BCUT2D eigenvalue weighted by Gasteiger charge is 2.11. The van der Waals surface area contributed by atoms with Gasteiger partial charge in [0.05, 0.1) is 17.5 Å². The van der Waals surface area contributed by atoms with Crippen LogP contribution >= 0.6 is 23.2 Å². The third-order valence-electron chi connectivity index (χ3n) is 3.57. The number of hydrogen-bond acceptors (Lipinski definition) is 4. The zero-order valence-electron chi connectivity index (χ0n) is 13.8. The quantitative estimate of drug-likeness (QED) is 0.728. The van der Waals surface area contributed by atoms with E-state index in [0.29, 0.717) is 34.6 Å². The standard InChI is InChI=1S/C18H20Cl2N2O3/c1-24-14(10-21)9-17(23)22-11-12-5-7-13(8-6-12)25-16-4-2-3-15(19)18(16)20/h2-8,14H,9-11,21H2,1H3,(H,22,23). The van der Waals surface area contributed by atoms with Crippen molar-refractivity contribution in [3.05, 3.63) is 58.1 Å². The third-order valence-corrected chi connectivity index (χ3v) is 4.37. The van der Waals surface area contributed by atoms with Gasteiger partial charge in [-0.05, 0) is 29.8 Å². The Morgan fingerprint density at radius 3 is 2.56 bits per heavy atom. The van der Waals surface area contributed by atoms with E-state index in [4.69, 9.17) is 38.4 Å². The molecule has 0 spiro atoms. The van der Waals surface area contributed by atoms with Crippen LogP contribution in [-0.2, 0) is 16.1 Å². The van der Waals surface area contributed by atoms with Crippen molar-refractivity contribution in [3.63, 3.8) is 0 Å². The van der Waals surface area contributed by atoms with Crippen LogP contribution in [0.2, 0.25) is 10.0 Å². The Kier molecular flexibility index (Phi) is 7.52. The molecule has 2 aromatic rings. The van der Waals surface area contributed by atoms with Gasteiger partial charge in [-0.1, -0.05) is 41.4 Å². The zero-order valence-corrected chi connectivity index (χ0v) is 15.3. The summed E-state index contributed by atoms with van der Waals surface area (Å²) in [5, 5.41) is 3.63. The van der Waals surface area contributed by atoms with E-state index in [1.807, 2.05) is 12.1 Å². The number of ether oxygens (including phenoxy) is 2. The molecule has 0 saturated carbocycles. The summed E-state index contributed by atoms with van der Waals surface area (Å²) in [6.45, 7) is 0.722. The summed E-state index contributed by atoms with van der Waals surface area (Å²) in [4.78, 5) is 11.8. The number of halogens is 2. The van der Waals surface area contributed by atoms with Gasteiger partial charge in [0, 0.05) is 20.2 Å². The second-order valence-corrected chi connectivity index (χ2v) is 6.16. The molecule has 0 aromatic heterocycles. The maximum Gasteiger partial charge on any atom is 0.222 e. The fraction of sp³-hybridized carbons (Fsp3) is 0.278. The van der Waals surface area contributed by atoms with Crippen molar-refractivity contribution < 1.29 is 14.3 Å². The number of benzene rings is 2. The van der Waals surface area contributed by atoms with Gasteiger partial charge in [0.2, 0.25) is 5.91 Å². The summed E-state index contributed by atoms with van der Waals surface area (Å²) in [6, 6.07) is 12.5. The summed E-state index contributed by atoms with van der Waals surface area (Å²) in [5.41, 5.74) is 6.45. The molecule has 5 nitrogen and oxygen atoms in total. The molecule has 0 bridgehead atoms. The average Bonchev–Trinajstić information content (AvgIpc) is 2.63.